The fourth-order valence-electron chi connectivity index (χ4n) is 4.70. The van der Waals surface area contributed by atoms with Gasteiger partial charge in [0.2, 0.25) is 0 Å². The first-order valence-electron chi connectivity index (χ1n) is 7.98. The maximum absolute atomic E-state index is 6.18. The van der Waals surface area contributed by atoms with Crippen LogP contribution in [0.25, 0.3) is 0 Å². The van der Waals surface area contributed by atoms with Crippen molar-refractivity contribution in [2.24, 2.45) is 11.7 Å². The van der Waals surface area contributed by atoms with Crippen LogP contribution in [0.1, 0.15) is 25.7 Å². The third-order valence-corrected chi connectivity index (χ3v) is 5.92. The van der Waals surface area contributed by atoms with Crippen LogP contribution in [0, 0.1) is 5.92 Å². The molecule has 4 heteroatoms. The van der Waals surface area contributed by atoms with Crippen LogP contribution in [0.2, 0.25) is 0 Å². The van der Waals surface area contributed by atoms with Crippen LogP contribution >= 0.6 is 0 Å². The second kappa shape index (κ2) is 5.32. The summed E-state index contributed by atoms with van der Waals surface area (Å²) in [4.78, 5) is 7.80. The zero-order chi connectivity index (χ0) is 13.5. The normalized spacial score (nSPS) is 42.5. The Bertz CT molecular complexity index is 321. The van der Waals surface area contributed by atoms with Gasteiger partial charge in [-0.25, -0.2) is 0 Å². The Labute approximate surface area is 117 Å². The molecule has 0 spiro atoms. The van der Waals surface area contributed by atoms with E-state index < -0.39 is 0 Å². The molecule has 19 heavy (non-hydrogen) atoms. The van der Waals surface area contributed by atoms with Crippen molar-refractivity contribution in [2.75, 3.05) is 53.4 Å². The van der Waals surface area contributed by atoms with Crippen LogP contribution in [0.4, 0.5) is 0 Å². The number of hydrogen-bond acceptors (Lipinski definition) is 4. The zero-order valence-electron chi connectivity index (χ0n) is 12.6. The topological polar surface area (TPSA) is 35.7 Å². The highest BCUT2D eigenvalue weighted by Gasteiger charge is 2.45. The van der Waals surface area contributed by atoms with Crippen molar-refractivity contribution in [1.82, 2.24) is 14.7 Å². The molecule has 3 fully saturated rings. The molecule has 4 nitrogen and oxygen atoms in total. The molecule has 0 aromatic rings. The van der Waals surface area contributed by atoms with Gasteiger partial charge in [0.15, 0.2) is 0 Å². The van der Waals surface area contributed by atoms with E-state index in [0.29, 0.717) is 0 Å². The second-order valence-corrected chi connectivity index (χ2v) is 7.10. The molecule has 3 rings (SSSR count). The van der Waals surface area contributed by atoms with Crippen molar-refractivity contribution in [2.45, 2.75) is 37.3 Å². The first kappa shape index (κ1) is 13.8. The van der Waals surface area contributed by atoms with Crippen LogP contribution in [0.5, 0.6) is 0 Å². The lowest BCUT2D eigenvalue weighted by atomic mass is 9.81. The predicted octanol–water partition coefficient (Wildman–Crippen LogP) is 0.436. The number of hydrogen-bond donors (Lipinski definition) is 1. The number of likely N-dealkylation sites (tertiary alicyclic amines) is 3. The third-order valence-electron chi connectivity index (χ3n) is 5.92. The van der Waals surface area contributed by atoms with Gasteiger partial charge in [0.1, 0.15) is 0 Å². The highest BCUT2D eigenvalue weighted by Crippen LogP contribution is 2.35. The molecule has 0 bridgehead atoms. The lowest BCUT2D eigenvalue weighted by molar-refractivity contribution is -0.0102. The van der Waals surface area contributed by atoms with Crippen LogP contribution in [0.15, 0.2) is 0 Å². The minimum absolute atomic E-state index is 0.274. The first-order chi connectivity index (χ1) is 9.14. The number of likely N-dealkylation sites (N-methyl/N-ethyl adjacent to an activating group) is 1. The molecule has 0 amide bonds. The van der Waals surface area contributed by atoms with E-state index in [1.54, 1.807) is 0 Å². The van der Waals surface area contributed by atoms with Gasteiger partial charge in [-0.3, -0.25) is 4.90 Å². The molecule has 0 aromatic carbocycles. The summed E-state index contributed by atoms with van der Waals surface area (Å²) in [6.45, 7) is 7.02. The average Bonchev–Trinajstić information content (AvgIpc) is 2.82. The van der Waals surface area contributed by atoms with Crippen molar-refractivity contribution < 1.29 is 0 Å². The third kappa shape index (κ3) is 2.44. The molecule has 3 atom stereocenters. The minimum atomic E-state index is 0.274. The predicted molar refractivity (Wildman–Crippen MR) is 79.2 cm³/mol. The van der Waals surface area contributed by atoms with Crippen molar-refractivity contribution in [3.63, 3.8) is 0 Å². The van der Waals surface area contributed by atoms with Crippen molar-refractivity contribution >= 4 is 0 Å². The summed E-state index contributed by atoms with van der Waals surface area (Å²) in [7, 11) is 4.55. The largest absolute Gasteiger partial charge is 0.329 e. The van der Waals surface area contributed by atoms with E-state index in [4.69, 9.17) is 5.73 Å². The molecule has 0 aliphatic carbocycles. The Balaban J connectivity index is 1.70. The number of nitrogens with two attached hydrogens (primary N) is 1. The lowest BCUT2D eigenvalue weighted by Gasteiger charge is -2.51. The van der Waals surface area contributed by atoms with E-state index in [-0.39, 0.29) is 5.54 Å². The van der Waals surface area contributed by atoms with Crippen LogP contribution in [0.3, 0.4) is 0 Å². The molecule has 3 saturated heterocycles. The molecule has 2 N–H and O–H groups in total. The van der Waals surface area contributed by atoms with E-state index >= 15 is 0 Å². The summed E-state index contributed by atoms with van der Waals surface area (Å²) in [6, 6.07) is 0.832. The number of fused-ring (bicyclic) bond motifs is 1. The van der Waals surface area contributed by atoms with Gasteiger partial charge in [0, 0.05) is 37.8 Å². The highest BCUT2D eigenvalue weighted by atomic mass is 15.3. The summed E-state index contributed by atoms with van der Waals surface area (Å²) < 4.78 is 0. The fourth-order valence-corrected chi connectivity index (χ4v) is 4.70. The Morgan fingerprint density at radius 1 is 1.16 bits per heavy atom. The van der Waals surface area contributed by atoms with Crippen LogP contribution < -0.4 is 5.73 Å². The number of rotatable bonds is 2. The Kier molecular flexibility index (Phi) is 3.87. The van der Waals surface area contributed by atoms with Gasteiger partial charge in [-0.2, -0.15) is 0 Å². The van der Waals surface area contributed by atoms with Gasteiger partial charge >= 0.3 is 0 Å². The number of nitrogens with zero attached hydrogens (tertiary/aromatic N) is 3. The molecule has 3 heterocycles. The van der Waals surface area contributed by atoms with Crippen molar-refractivity contribution in [3.05, 3.63) is 0 Å². The quantitative estimate of drug-likeness (QED) is 0.786. The Hall–Kier alpha value is -0.160. The molecule has 0 saturated carbocycles. The Morgan fingerprint density at radius 3 is 2.68 bits per heavy atom. The standard InChI is InChI=1S/C15H30N4/c1-17-9-6-15(11-16,12-17)19-8-5-14-13(10-19)4-3-7-18(14)2/h13-14H,3-12,16H2,1-2H3. The average molecular weight is 266 g/mol. The fraction of sp³-hybridized carbons (Fsp3) is 1.00. The molecule has 110 valence electrons. The molecule has 3 aliphatic heterocycles. The van der Waals surface area contributed by atoms with E-state index in [2.05, 4.69) is 28.8 Å². The van der Waals surface area contributed by atoms with Crippen LogP contribution in [-0.4, -0.2) is 79.6 Å². The van der Waals surface area contributed by atoms with Gasteiger partial charge in [0.05, 0.1) is 0 Å². The van der Waals surface area contributed by atoms with E-state index in [0.717, 1.165) is 25.0 Å². The summed E-state index contributed by atoms with van der Waals surface area (Å²) >= 11 is 0. The minimum Gasteiger partial charge on any atom is -0.329 e. The maximum Gasteiger partial charge on any atom is 0.0470 e. The molecule has 0 aromatic heterocycles. The summed E-state index contributed by atoms with van der Waals surface area (Å²) in [5, 5.41) is 0. The van der Waals surface area contributed by atoms with E-state index in [1.807, 2.05) is 0 Å². The smallest absolute Gasteiger partial charge is 0.0470 e. The van der Waals surface area contributed by atoms with Gasteiger partial charge < -0.3 is 15.5 Å². The Morgan fingerprint density at radius 2 is 2.00 bits per heavy atom. The van der Waals surface area contributed by atoms with Gasteiger partial charge in [-0.05, 0) is 58.8 Å². The number of piperidine rings is 2. The first-order valence-corrected chi connectivity index (χ1v) is 7.98. The van der Waals surface area contributed by atoms with Crippen molar-refractivity contribution in [3.8, 4) is 0 Å². The van der Waals surface area contributed by atoms with Gasteiger partial charge in [-0.15, -0.1) is 0 Å². The molecule has 3 unspecified atom stereocenters. The van der Waals surface area contributed by atoms with E-state index in [1.165, 1.54) is 51.9 Å². The molecule has 3 aliphatic rings. The van der Waals surface area contributed by atoms with E-state index in [9.17, 15) is 0 Å². The van der Waals surface area contributed by atoms with Crippen LogP contribution in [-0.2, 0) is 0 Å². The van der Waals surface area contributed by atoms with Gasteiger partial charge in [0.25, 0.3) is 0 Å². The maximum atomic E-state index is 6.18. The SMILES string of the molecule is CN1CCC(CN)(N2CCC3C(CCCN3C)C2)C1. The molecular weight excluding hydrogens is 236 g/mol. The zero-order valence-corrected chi connectivity index (χ0v) is 12.6. The lowest BCUT2D eigenvalue weighted by Crippen LogP contribution is -2.62. The van der Waals surface area contributed by atoms with Gasteiger partial charge in [-0.1, -0.05) is 0 Å². The molecule has 0 radical (unpaired) electrons. The molecular formula is C15H30N4. The summed E-state index contributed by atoms with van der Waals surface area (Å²) in [5.74, 6) is 0.877. The highest BCUT2D eigenvalue weighted by molar-refractivity contribution is 5.03. The van der Waals surface area contributed by atoms with Crippen molar-refractivity contribution in [1.29, 1.82) is 0 Å². The monoisotopic (exact) mass is 266 g/mol. The second-order valence-electron chi connectivity index (χ2n) is 7.10. The summed E-state index contributed by atoms with van der Waals surface area (Å²) in [5.41, 5.74) is 6.45. The summed E-state index contributed by atoms with van der Waals surface area (Å²) in [6.07, 6.45) is 5.39.